The smallest absolute Gasteiger partial charge is 0.314 e. The second-order valence-corrected chi connectivity index (χ2v) is 3.23. The lowest BCUT2D eigenvalue weighted by molar-refractivity contribution is -0.135. The minimum Gasteiger partial charge on any atom is -0.481 e. The molecule has 14 heavy (non-hydrogen) atoms. The number of nitrogens with zero attached hydrogens (tertiary/aromatic N) is 1. The van der Waals surface area contributed by atoms with E-state index in [9.17, 15) is 4.79 Å². The quantitative estimate of drug-likeness (QED) is 0.681. The molecule has 1 saturated carbocycles. The van der Waals surface area contributed by atoms with Crippen LogP contribution in [0, 0.1) is 5.92 Å². The molecular formula is C10H11NO3. The third kappa shape index (κ3) is 2.02. The zero-order chi connectivity index (χ0) is 9.97. The van der Waals surface area contributed by atoms with E-state index in [1.165, 1.54) is 13.3 Å². The van der Waals surface area contributed by atoms with E-state index in [1.807, 2.05) is 0 Å². The van der Waals surface area contributed by atoms with E-state index in [0.717, 1.165) is 12.8 Å². The number of methoxy groups -OCH3 is 1. The maximum Gasteiger partial charge on any atom is 0.314 e. The maximum atomic E-state index is 11.2. The van der Waals surface area contributed by atoms with E-state index in [1.54, 1.807) is 12.1 Å². The van der Waals surface area contributed by atoms with Crippen LogP contribution in [0.3, 0.4) is 0 Å². The third-order valence-corrected chi connectivity index (χ3v) is 2.05. The first kappa shape index (κ1) is 8.99. The summed E-state index contributed by atoms with van der Waals surface area (Å²) in [6, 6.07) is 3.33. The normalized spacial score (nSPS) is 14.9. The Bertz CT molecular complexity index is 330. The third-order valence-electron chi connectivity index (χ3n) is 2.05. The standard InChI is InChI=1S/C10H11NO3/c1-13-9-5-4-8(6-11-9)14-10(12)7-2-3-7/h4-7H,2-3H2,1H3. The molecule has 0 aromatic carbocycles. The van der Waals surface area contributed by atoms with Gasteiger partial charge in [-0.05, 0) is 18.9 Å². The Labute approximate surface area is 81.9 Å². The monoisotopic (exact) mass is 193 g/mol. The maximum absolute atomic E-state index is 11.2. The Balaban J connectivity index is 1.98. The van der Waals surface area contributed by atoms with Crippen molar-refractivity contribution in [1.29, 1.82) is 0 Å². The Morgan fingerprint density at radius 1 is 1.50 bits per heavy atom. The van der Waals surface area contributed by atoms with Gasteiger partial charge in [0.25, 0.3) is 0 Å². The van der Waals surface area contributed by atoms with Crippen LogP contribution in [0.25, 0.3) is 0 Å². The molecule has 0 atom stereocenters. The molecule has 2 rings (SSSR count). The summed E-state index contributed by atoms with van der Waals surface area (Å²) in [5.74, 6) is 0.938. The Morgan fingerprint density at radius 2 is 2.29 bits per heavy atom. The number of rotatable bonds is 3. The first-order valence-electron chi connectivity index (χ1n) is 4.51. The fraction of sp³-hybridized carbons (Fsp3) is 0.400. The highest BCUT2D eigenvalue weighted by Gasteiger charge is 2.31. The van der Waals surface area contributed by atoms with Crippen molar-refractivity contribution in [3.63, 3.8) is 0 Å². The van der Waals surface area contributed by atoms with Gasteiger partial charge in [-0.2, -0.15) is 0 Å². The van der Waals surface area contributed by atoms with Crippen molar-refractivity contribution in [3.8, 4) is 11.6 Å². The largest absolute Gasteiger partial charge is 0.481 e. The molecule has 1 aliphatic rings. The fourth-order valence-electron chi connectivity index (χ4n) is 1.07. The van der Waals surface area contributed by atoms with E-state index in [4.69, 9.17) is 9.47 Å². The minimum atomic E-state index is -0.156. The van der Waals surface area contributed by atoms with E-state index in [2.05, 4.69) is 4.98 Å². The van der Waals surface area contributed by atoms with Gasteiger partial charge in [-0.1, -0.05) is 0 Å². The van der Waals surface area contributed by atoms with Crippen LogP contribution in [0.5, 0.6) is 11.6 Å². The van der Waals surface area contributed by atoms with Crippen molar-refractivity contribution in [3.05, 3.63) is 18.3 Å². The number of pyridine rings is 1. The van der Waals surface area contributed by atoms with Crippen LogP contribution >= 0.6 is 0 Å². The summed E-state index contributed by atoms with van der Waals surface area (Å²) < 4.78 is 9.96. The summed E-state index contributed by atoms with van der Waals surface area (Å²) in [5, 5.41) is 0. The summed E-state index contributed by atoms with van der Waals surface area (Å²) in [6.45, 7) is 0. The summed E-state index contributed by atoms with van der Waals surface area (Å²) in [6.07, 6.45) is 3.38. The van der Waals surface area contributed by atoms with Gasteiger partial charge >= 0.3 is 5.97 Å². The summed E-state index contributed by atoms with van der Waals surface area (Å²) in [5.41, 5.74) is 0. The summed E-state index contributed by atoms with van der Waals surface area (Å²) >= 11 is 0. The van der Waals surface area contributed by atoms with Crippen molar-refractivity contribution in [2.24, 2.45) is 5.92 Å². The van der Waals surface area contributed by atoms with Gasteiger partial charge in [-0.3, -0.25) is 4.79 Å². The van der Waals surface area contributed by atoms with Gasteiger partial charge in [0.05, 0.1) is 19.2 Å². The predicted octanol–water partition coefficient (Wildman–Crippen LogP) is 1.41. The lowest BCUT2D eigenvalue weighted by atomic mass is 10.4. The van der Waals surface area contributed by atoms with E-state index < -0.39 is 0 Å². The van der Waals surface area contributed by atoms with E-state index in [-0.39, 0.29) is 11.9 Å². The fourth-order valence-corrected chi connectivity index (χ4v) is 1.07. The minimum absolute atomic E-state index is 0.108. The van der Waals surface area contributed by atoms with Crippen LogP contribution in [0.4, 0.5) is 0 Å². The molecule has 0 amide bonds. The summed E-state index contributed by atoms with van der Waals surface area (Å²) in [4.78, 5) is 15.2. The number of hydrogen-bond acceptors (Lipinski definition) is 4. The second kappa shape index (κ2) is 3.65. The molecule has 0 N–H and O–H groups in total. The zero-order valence-electron chi connectivity index (χ0n) is 7.90. The average molecular weight is 193 g/mol. The molecule has 1 fully saturated rings. The topological polar surface area (TPSA) is 48.4 Å². The van der Waals surface area contributed by atoms with Crippen LogP contribution in [0.2, 0.25) is 0 Å². The SMILES string of the molecule is COc1ccc(OC(=O)C2CC2)cn1. The highest BCUT2D eigenvalue weighted by atomic mass is 16.5. The number of carbonyl (C=O) groups is 1. The number of ether oxygens (including phenoxy) is 2. The van der Waals surface area contributed by atoms with Crippen molar-refractivity contribution in [2.45, 2.75) is 12.8 Å². The van der Waals surface area contributed by atoms with Crippen LogP contribution in [0.1, 0.15) is 12.8 Å². The van der Waals surface area contributed by atoms with Gasteiger partial charge < -0.3 is 9.47 Å². The number of esters is 1. The molecule has 0 spiro atoms. The lowest BCUT2D eigenvalue weighted by Crippen LogP contribution is -2.09. The molecule has 0 unspecified atom stereocenters. The first-order chi connectivity index (χ1) is 6.79. The van der Waals surface area contributed by atoms with Gasteiger partial charge in [-0.15, -0.1) is 0 Å². The molecular weight excluding hydrogens is 182 g/mol. The summed E-state index contributed by atoms with van der Waals surface area (Å²) in [7, 11) is 1.54. The highest BCUT2D eigenvalue weighted by Crippen LogP contribution is 2.30. The van der Waals surface area contributed by atoms with Crippen LogP contribution < -0.4 is 9.47 Å². The average Bonchev–Trinajstić information content (AvgIpc) is 3.02. The number of aromatic nitrogens is 1. The number of hydrogen-bond donors (Lipinski definition) is 0. The molecule has 4 heteroatoms. The molecule has 1 heterocycles. The van der Waals surface area contributed by atoms with E-state index in [0.29, 0.717) is 11.6 Å². The van der Waals surface area contributed by atoms with Gasteiger partial charge in [-0.25, -0.2) is 4.98 Å². The zero-order valence-corrected chi connectivity index (χ0v) is 7.90. The van der Waals surface area contributed by atoms with E-state index >= 15 is 0 Å². The molecule has 74 valence electrons. The van der Waals surface area contributed by atoms with Crippen LogP contribution in [-0.2, 0) is 4.79 Å². The molecule has 0 aliphatic heterocycles. The molecule has 0 saturated heterocycles. The van der Waals surface area contributed by atoms with Crippen LogP contribution in [0.15, 0.2) is 18.3 Å². The van der Waals surface area contributed by atoms with Crippen LogP contribution in [-0.4, -0.2) is 18.1 Å². The van der Waals surface area contributed by atoms with Crippen molar-refractivity contribution in [2.75, 3.05) is 7.11 Å². The van der Waals surface area contributed by atoms with Gasteiger partial charge in [0, 0.05) is 6.07 Å². The Kier molecular flexibility index (Phi) is 2.35. The Hall–Kier alpha value is -1.58. The molecule has 4 nitrogen and oxygen atoms in total. The number of carbonyl (C=O) groups excluding carboxylic acids is 1. The molecule has 1 aromatic rings. The van der Waals surface area contributed by atoms with Gasteiger partial charge in [0.2, 0.25) is 5.88 Å². The van der Waals surface area contributed by atoms with Crippen molar-refractivity contribution < 1.29 is 14.3 Å². The molecule has 0 bridgehead atoms. The predicted molar refractivity (Wildman–Crippen MR) is 49.1 cm³/mol. The lowest BCUT2D eigenvalue weighted by Gasteiger charge is -2.03. The molecule has 0 radical (unpaired) electrons. The van der Waals surface area contributed by atoms with Gasteiger partial charge in [0.15, 0.2) is 0 Å². The molecule has 1 aromatic heterocycles. The second-order valence-electron chi connectivity index (χ2n) is 3.23. The Morgan fingerprint density at radius 3 is 2.79 bits per heavy atom. The first-order valence-corrected chi connectivity index (χ1v) is 4.51. The van der Waals surface area contributed by atoms with Crippen molar-refractivity contribution >= 4 is 5.97 Å². The van der Waals surface area contributed by atoms with Crippen molar-refractivity contribution in [1.82, 2.24) is 4.98 Å². The molecule has 1 aliphatic carbocycles. The van der Waals surface area contributed by atoms with Gasteiger partial charge in [0.1, 0.15) is 5.75 Å². The highest BCUT2D eigenvalue weighted by molar-refractivity contribution is 5.77.